The zero-order valence-corrected chi connectivity index (χ0v) is 20.9. The molecule has 0 aliphatic carbocycles. The first kappa shape index (κ1) is 24.8. The summed E-state index contributed by atoms with van der Waals surface area (Å²) in [7, 11) is 0. The molecule has 0 atom stereocenters. The number of hydrogen-bond acceptors (Lipinski definition) is 7. The molecule has 188 valence electrons. The minimum Gasteiger partial charge on any atom is -0.456 e. The molecule has 0 radical (unpaired) electrons. The van der Waals surface area contributed by atoms with Crippen LogP contribution < -0.4 is 10.6 Å². The van der Waals surface area contributed by atoms with Crippen LogP contribution in [-0.2, 0) is 4.79 Å². The van der Waals surface area contributed by atoms with Gasteiger partial charge in [-0.2, -0.15) is 4.80 Å². The fraction of sp³-hybridized carbons (Fsp3) is 0. The molecular weight excluding hydrogens is 528 g/mol. The Morgan fingerprint density at radius 3 is 2.50 bits per heavy atom. The van der Waals surface area contributed by atoms with Crippen LogP contribution in [0.4, 0.5) is 11.4 Å². The summed E-state index contributed by atoms with van der Waals surface area (Å²) in [6.07, 6.45) is 2.66. The van der Waals surface area contributed by atoms with E-state index in [0.717, 1.165) is 5.69 Å². The Morgan fingerprint density at radius 1 is 1.03 bits per heavy atom. The maximum atomic E-state index is 12.4. The minimum atomic E-state index is -0.515. The maximum Gasteiger partial charge on any atom is 0.280 e. The number of nitro benzene ring substituents is 1. The second-order valence-electron chi connectivity index (χ2n) is 7.90. The van der Waals surface area contributed by atoms with E-state index in [0.29, 0.717) is 38.8 Å². The second kappa shape index (κ2) is 10.6. The standard InChI is InChI=1S/C26H17ClN6O4S/c27-19-14-21-22(31-32(30-21)16-6-2-1-3-7-16)15-20(19)28-26(38)29-25(34)13-11-17-10-12-24(37-17)18-8-4-5-9-23(18)33(35)36/h1-15H,(H2,28,29,34,38). The first-order valence-corrected chi connectivity index (χ1v) is 11.9. The summed E-state index contributed by atoms with van der Waals surface area (Å²) >= 11 is 11.6. The molecule has 0 unspecified atom stereocenters. The summed E-state index contributed by atoms with van der Waals surface area (Å²) in [5.41, 5.74) is 2.70. The monoisotopic (exact) mass is 544 g/mol. The highest BCUT2D eigenvalue weighted by atomic mass is 35.5. The van der Waals surface area contributed by atoms with Crippen LogP contribution in [0.25, 0.3) is 34.1 Å². The summed E-state index contributed by atoms with van der Waals surface area (Å²) in [5.74, 6) is 0.129. The van der Waals surface area contributed by atoms with E-state index in [2.05, 4.69) is 20.8 Å². The largest absolute Gasteiger partial charge is 0.456 e. The van der Waals surface area contributed by atoms with Crippen LogP contribution in [0.3, 0.4) is 0 Å². The van der Waals surface area contributed by atoms with Gasteiger partial charge in [0, 0.05) is 12.1 Å². The number of thiocarbonyl (C=S) groups is 1. The fourth-order valence-electron chi connectivity index (χ4n) is 3.60. The van der Waals surface area contributed by atoms with Crippen LogP contribution in [0.2, 0.25) is 5.02 Å². The van der Waals surface area contributed by atoms with Gasteiger partial charge in [-0.05, 0) is 60.8 Å². The quantitative estimate of drug-likeness (QED) is 0.119. The molecule has 0 aliphatic rings. The van der Waals surface area contributed by atoms with Gasteiger partial charge >= 0.3 is 0 Å². The van der Waals surface area contributed by atoms with Crippen LogP contribution in [0.15, 0.2) is 89.4 Å². The van der Waals surface area contributed by atoms with Crippen molar-refractivity contribution in [1.29, 1.82) is 0 Å². The molecule has 3 aromatic carbocycles. The number of carbonyl (C=O) groups excluding carboxylic acids is 1. The van der Waals surface area contributed by atoms with Crippen LogP contribution in [0.5, 0.6) is 0 Å². The summed E-state index contributed by atoms with van der Waals surface area (Å²) in [5, 5.41) is 26.0. The van der Waals surface area contributed by atoms with Crippen molar-refractivity contribution in [3.8, 4) is 17.0 Å². The third kappa shape index (κ3) is 5.43. The number of nitrogens with zero attached hydrogens (tertiary/aromatic N) is 4. The molecule has 0 aliphatic heterocycles. The van der Waals surface area contributed by atoms with E-state index in [1.54, 1.807) is 42.5 Å². The number of anilines is 1. The Morgan fingerprint density at radius 2 is 1.74 bits per heavy atom. The first-order chi connectivity index (χ1) is 18.4. The van der Waals surface area contributed by atoms with Crippen molar-refractivity contribution in [1.82, 2.24) is 20.3 Å². The number of amides is 1. The molecule has 12 heteroatoms. The molecule has 1 amide bonds. The van der Waals surface area contributed by atoms with Crippen molar-refractivity contribution in [2.24, 2.45) is 0 Å². The number of benzene rings is 3. The maximum absolute atomic E-state index is 12.4. The number of carbonyl (C=O) groups is 1. The summed E-state index contributed by atoms with van der Waals surface area (Å²) < 4.78 is 5.65. The zero-order chi connectivity index (χ0) is 26.6. The molecule has 5 rings (SSSR count). The predicted molar refractivity (Wildman–Crippen MR) is 148 cm³/mol. The average molecular weight is 545 g/mol. The van der Waals surface area contributed by atoms with E-state index >= 15 is 0 Å². The van der Waals surface area contributed by atoms with Crippen molar-refractivity contribution in [3.63, 3.8) is 0 Å². The van der Waals surface area contributed by atoms with Crippen LogP contribution >= 0.6 is 23.8 Å². The van der Waals surface area contributed by atoms with Gasteiger partial charge in [0.15, 0.2) is 5.11 Å². The van der Waals surface area contributed by atoms with Crippen LogP contribution in [0, 0.1) is 10.1 Å². The lowest BCUT2D eigenvalue weighted by molar-refractivity contribution is -0.384. The Balaban J connectivity index is 1.24. The van der Waals surface area contributed by atoms with Gasteiger partial charge in [0.25, 0.3) is 5.69 Å². The van der Waals surface area contributed by atoms with Gasteiger partial charge in [0.05, 0.1) is 26.9 Å². The average Bonchev–Trinajstić information content (AvgIpc) is 3.55. The molecule has 0 fully saturated rings. The van der Waals surface area contributed by atoms with Crippen LogP contribution in [0.1, 0.15) is 5.76 Å². The van der Waals surface area contributed by atoms with E-state index in [-0.39, 0.29) is 10.8 Å². The number of fused-ring (bicyclic) bond motifs is 1. The molecular formula is C26H17ClN6O4S. The Hall–Kier alpha value is -4.87. The van der Waals surface area contributed by atoms with Crippen LogP contribution in [-0.4, -0.2) is 30.9 Å². The zero-order valence-electron chi connectivity index (χ0n) is 19.4. The lowest BCUT2D eigenvalue weighted by atomic mass is 10.1. The minimum absolute atomic E-state index is 0.0244. The highest BCUT2D eigenvalue weighted by Gasteiger charge is 2.17. The van der Waals surface area contributed by atoms with Gasteiger partial charge in [-0.25, -0.2) is 0 Å². The molecule has 2 heterocycles. The third-order valence-electron chi connectivity index (χ3n) is 5.33. The summed E-state index contributed by atoms with van der Waals surface area (Å²) in [6, 6.07) is 22.2. The van der Waals surface area contributed by atoms with Crippen molar-refractivity contribution >= 4 is 63.3 Å². The van der Waals surface area contributed by atoms with Gasteiger partial charge in [0.2, 0.25) is 5.91 Å². The van der Waals surface area contributed by atoms with Crippen molar-refractivity contribution < 1.29 is 14.1 Å². The van der Waals surface area contributed by atoms with Gasteiger partial charge in [-0.1, -0.05) is 41.9 Å². The number of rotatable bonds is 6. The van der Waals surface area contributed by atoms with Crippen molar-refractivity contribution in [2.45, 2.75) is 0 Å². The van der Waals surface area contributed by atoms with Crippen molar-refractivity contribution in [3.05, 3.63) is 106 Å². The Labute approximate surface area is 225 Å². The number of hydrogen-bond donors (Lipinski definition) is 2. The van der Waals surface area contributed by atoms with Gasteiger partial charge in [0.1, 0.15) is 22.6 Å². The first-order valence-electron chi connectivity index (χ1n) is 11.1. The Bertz CT molecular complexity index is 1710. The molecule has 38 heavy (non-hydrogen) atoms. The summed E-state index contributed by atoms with van der Waals surface area (Å²) in [6.45, 7) is 0. The number of para-hydroxylation sites is 2. The molecule has 10 nitrogen and oxygen atoms in total. The van der Waals surface area contributed by atoms with E-state index in [9.17, 15) is 14.9 Å². The molecule has 2 aromatic heterocycles. The van der Waals surface area contributed by atoms with E-state index in [1.807, 2.05) is 30.3 Å². The third-order valence-corrected chi connectivity index (χ3v) is 5.85. The lowest BCUT2D eigenvalue weighted by Gasteiger charge is -2.09. The normalized spacial score (nSPS) is 11.1. The van der Waals surface area contributed by atoms with Gasteiger partial charge in [-0.15, -0.1) is 10.2 Å². The number of nitro groups is 1. The fourth-order valence-corrected chi connectivity index (χ4v) is 4.02. The number of halogens is 1. The van der Waals surface area contributed by atoms with Gasteiger partial charge < -0.3 is 9.73 Å². The molecule has 0 saturated heterocycles. The van der Waals surface area contributed by atoms with Gasteiger partial charge in [-0.3, -0.25) is 20.2 Å². The van der Waals surface area contributed by atoms with E-state index in [1.165, 1.54) is 23.0 Å². The van der Waals surface area contributed by atoms with Crippen molar-refractivity contribution in [2.75, 3.05) is 5.32 Å². The lowest BCUT2D eigenvalue weighted by Crippen LogP contribution is -2.32. The SMILES string of the molecule is O=C(C=Cc1ccc(-c2ccccc2[N+](=O)[O-])o1)NC(=S)Nc1cc2nn(-c3ccccc3)nc2cc1Cl. The molecule has 0 saturated carbocycles. The summed E-state index contributed by atoms with van der Waals surface area (Å²) in [4.78, 5) is 24.7. The molecule has 5 aromatic rings. The number of aromatic nitrogens is 3. The van der Waals surface area contributed by atoms with E-state index < -0.39 is 10.8 Å². The number of furan rings is 1. The molecule has 2 N–H and O–H groups in total. The highest BCUT2D eigenvalue weighted by Crippen LogP contribution is 2.31. The molecule has 0 bridgehead atoms. The van der Waals surface area contributed by atoms with E-state index in [4.69, 9.17) is 28.2 Å². The topological polar surface area (TPSA) is 128 Å². The smallest absolute Gasteiger partial charge is 0.280 e. The second-order valence-corrected chi connectivity index (χ2v) is 8.71. The molecule has 0 spiro atoms. The predicted octanol–water partition coefficient (Wildman–Crippen LogP) is 5.77. The number of nitrogens with one attached hydrogen (secondary N) is 2. The highest BCUT2D eigenvalue weighted by molar-refractivity contribution is 7.80. The Kier molecular flexibility index (Phi) is 6.94.